The van der Waals surface area contributed by atoms with Gasteiger partial charge in [-0.3, -0.25) is 4.79 Å². The minimum Gasteiger partial charge on any atom is -0.324 e. The first-order valence-corrected chi connectivity index (χ1v) is 10.1. The maximum Gasteiger partial charge on any atom is 0.248 e. The molecule has 2 heterocycles. The molecule has 10 heteroatoms. The fourth-order valence-corrected chi connectivity index (χ4v) is 3.17. The van der Waals surface area contributed by atoms with Crippen LogP contribution in [-0.2, 0) is 11.3 Å². The number of nitrogens with one attached hydrogen (secondary N) is 1. The van der Waals surface area contributed by atoms with E-state index < -0.39 is 0 Å². The Kier molecular flexibility index (Phi) is 5.78. The molecule has 0 saturated carbocycles. The quantitative estimate of drug-likeness (QED) is 0.491. The Bertz CT molecular complexity index is 1170. The molecule has 1 amide bonds. The largest absolute Gasteiger partial charge is 0.324 e. The highest BCUT2D eigenvalue weighted by Crippen LogP contribution is 2.24. The molecule has 2 aromatic heterocycles. The van der Waals surface area contributed by atoms with Gasteiger partial charge < -0.3 is 5.32 Å². The van der Waals surface area contributed by atoms with Crippen molar-refractivity contribution in [3.05, 3.63) is 59.9 Å². The number of amides is 1. The molecule has 0 bridgehead atoms. The number of carbonyl (C=O) groups is 1. The van der Waals surface area contributed by atoms with Crippen LogP contribution in [0.2, 0.25) is 0 Å². The number of rotatable bonds is 7. The Labute approximate surface area is 179 Å². The number of anilines is 1. The third-order valence-corrected chi connectivity index (χ3v) is 5.10. The second-order valence-corrected chi connectivity index (χ2v) is 7.40. The lowest BCUT2D eigenvalue weighted by Gasteiger charge is -2.10. The molecule has 158 valence electrons. The van der Waals surface area contributed by atoms with E-state index in [1.165, 1.54) is 16.7 Å². The van der Waals surface area contributed by atoms with Gasteiger partial charge in [0.1, 0.15) is 12.9 Å². The normalized spacial score (nSPS) is 12.0. The van der Waals surface area contributed by atoms with Gasteiger partial charge in [-0.25, -0.2) is 0 Å². The van der Waals surface area contributed by atoms with E-state index in [2.05, 4.69) is 50.1 Å². The summed E-state index contributed by atoms with van der Waals surface area (Å²) < 4.78 is 1.54. The molecule has 0 fully saturated rings. The number of tetrazole rings is 2. The van der Waals surface area contributed by atoms with E-state index in [0.29, 0.717) is 17.3 Å². The molecule has 2 aromatic carbocycles. The van der Waals surface area contributed by atoms with Crippen molar-refractivity contribution in [2.75, 3.05) is 5.32 Å². The molecule has 0 aliphatic rings. The number of carbonyl (C=O) groups excluding carboxylic acids is 1. The van der Waals surface area contributed by atoms with E-state index in [4.69, 9.17) is 0 Å². The number of nitrogens with zero attached hydrogens (tertiary/aromatic N) is 8. The zero-order chi connectivity index (χ0) is 21.8. The highest BCUT2D eigenvalue weighted by atomic mass is 16.2. The molecule has 0 saturated heterocycles. The maximum atomic E-state index is 12.4. The molecule has 0 unspecified atom stereocenters. The average molecular weight is 417 g/mol. The summed E-state index contributed by atoms with van der Waals surface area (Å²) in [5.41, 5.74) is 4.47. The van der Waals surface area contributed by atoms with Gasteiger partial charge in [-0.05, 0) is 70.3 Å². The first kappa shape index (κ1) is 20.3. The maximum absolute atomic E-state index is 12.4. The van der Waals surface area contributed by atoms with E-state index in [9.17, 15) is 4.79 Å². The van der Waals surface area contributed by atoms with Crippen molar-refractivity contribution in [3.63, 3.8) is 0 Å². The molecule has 0 aliphatic heterocycles. The van der Waals surface area contributed by atoms with E-state index in [-0.39, 0.29) is 12.5 Å². The van der Waals surface area contributed by atoms with Crippen molar-refractivity contribution in [3.8, 4) is 17.1 Å². The molecule has 4 rings (SSSR count). The molecule has 31 heavy (non-hydrogen) atoms. The average Bonchev–Trinajstić information content (AvgIpc) is 3.46. The van der Waals surface area contributed by atoms with Gasteiger partial charge in [0.05, 0.1) is 5.69 Å². The Morgan fingerprint density at radius 3 is 2.65 bits per heavy atom. The fourth-order valence-electron chi connectivity index (χ4n) is 3.17. The van der Waals surface area contributed by atoms with Crippen LogP contribution in [0, 0.1) is 6.92 Å². The first-order chi connectivity index (χ1) is 15.0. The van der Waals surface area contributed by atoms with Crippen molar-refractivity contribution in [1.29, 1.82) is 0 Å². The Morgan fingerprint density at radius 2 is 1.94 bits per heavy atom. The van der Waals surface area contributed by atoms with Gasteiger partial charge in [0, 0.05) is 11.3 Å². The molecule has 4 aromatic rings. The van der Waals surface area contributed by atoms with Crippen molar-refractivity contribution in [2.24, 2.45) is 0 Å². The summed E-state index contributed by atoms with van der Waals surface area (Å²) in [6.07, 6.45) is 2.57. The predicted molar refractivity (Wildman–Crippen MR) is 114 cm³/mol. The van der Waals surface area contributed by atoms with Gasteiger partial charge in [-0.15, -0.1) is 15.3 Å². The van der Waals surface area contributed by atoms with Crippen LogP contribution in [-0.4, -0.2) is 46.3 Å². The van der Waals surface area contributed by atoms with Crippen molar-refractivity contribution < 1.29 is 4.79 Å². The summed E-state index contributed by atoms with van der Waals surface area (Å²) in [7, 11) is 0. The second-order valence-electron chi connectivity index (χ2n) is 7.40. The van der Waals surface area contributed by atoms with E-state index in [0.717, 1.165) is 23.4 Å². The molecule has 1 atom stereocenters. The van der Waals surface area contributed by atoms with Crippen LogP contribution in [0.15, 0.2) is 48.8 Å². The van der Waals surface area contributed by atoms with Gasteiger partial charge in [-0.2, -0.15) is 9.48 Å². The topological polar surface area (TPSA) is 116 Å². The highest BCUT2D eigenvalue weighted by molar-refractivity contribution is 5.90. The number of benzene rings is 2. The lowest BCUT2D eigenvalue weighted by molar-refractivity contribution is -0.117. The molecule has 0 spiro atoms. The summed E-state index contributed by atoms with van der Waals surface area (Å²) in [4.78, 5) is 13.7. The molecular weight excluding hydrogens is 394 g/mol. The third kappa shape index (κ3) is 4.63. The van der Waals surface area contributed by atoms with Gasteiger partial charge in [0.25, 0.3) is 0 Å². The van der Waals surface area contributed by atoms with Crippen LogP contribution in [0.25, 0.3) is 17.1 Å². The second kappa shape index (κ2) is 8.82. The molecule has 0 aliphatic carbocycles. The Hall–Kier alpha value is -3.95. The lowest BCUT2D eigenvalue weighted by atomic mass is 9.99. The number of hydrogen-bond acceptors (Lipinski definition) is 7. The zero-order valence-electron chi connectivity index (χ0n) is 17.6. The van der Waals surface area contributed by atoms with Gasteiger partial charge in [0.2, 0.25) is 11.7 Å². The highest BCUT2D eigenvalue weighted by Gasteiger charge is 2.15. The van der Waals surface area contributed by atoms with E-state index in [1.807, 2.05) is 49.4 Å². The molecule has 0 radical (unpaired) electrons. The predicted octanol–water partition coefficient (Wildman–Crippen LogP) is 2.78. The molecule has 10 nitrogen and oxygen atoms in total. The summed E-state index contributed by atoms with van der Waals surface area (Å²) in [6.45, 7) is 6.26. The van der Waals surface area contributed by atoms with Crippen LogP contribution in [0.4, 0.5) is 5.69 Å². The minimum atomic E-state index is -0.232. The SMILES string of the molecule is CC[C@H](C)c1ccc(NC(=O)Cn2nnc(-c3ccc(C)cc3-n3cnnn3)n2)cc1. The van der Waals surface area contributed by atoms with Crippen LogP contribution >= 0.6 is 0 Å². The number of aryl methyl sites for hydroxylation is 1. The van der Waals surface area contributed by atoms with Crippen LogP contribution in [0.1, 0.15) is 37.3 Å². The molecular formula is C21H23N9O. The summed E-state index contributed by atoms with van der Waals surface area (Å²) >= 11 is 0. The van der Waals surface area contributed by atoms with Crippen LogP contribution in [0.3, 0.4) is 0 Å². The number of aromatic nitrogens is 8. The third-order valence-electron chi connectivity index (χ3n) is 5.10. The fraction of sp³-hybridized carbons (Fsp3) is 0.286. The van der Waals surface area contributed by atoms with Gasteiger partial charge in [0.15, 0.2) is 0 Å². The van der Waals surface area contributed by atoms with E-state index >= 15 is 0 Å². The Morgan fingerprint density at radius 1 is 1.13 bits per heavy atom. The van der Waals surface area contributed by atoms with Gasteiger partial charge >= 0.3 is 0 Å². The summed E-state index contributed by atoms with van der Waals surface area (Å²) in [5.74, 6) is 0.642. The van der Waals surface area contributed by atoms with Crippen LogP contribution < -0.4 is 5.32 Å². The Balaban J connectivity index is 1.47. The van der Waals surface area contributed by atoms with Gasteiger partial charge in [-0.1, -0.05) is 32.0 Å². The molecule has 1 N–H and O–H groups in total. The van der Waals surface area contributed by atoms with Crippen molar-refractivity contribution in [1.82, 2.24) is 40.4 Å². The monoisotopic (exact) mass is 417 g/mol. The van der Waals surface area contributed by atoms with Crippen LogP contribution in [0.5, 0.6) is 0 Å². The van der Waals surface area contributed by atoms with E-state index in [1.54, 1.807) is 4.68 Å². The first-order valence-electron chi connectivity index (χ1n) is 10.1. The smallest absolute Gasteiger partial charge is 0.248 e. The summed E-state index contributed by atoms with van der Waals surface area (Å²) in [5, 5.41) is 26.7. The van der Waals surface area contributed by atoms with Crippen molar-refractivity contribution >= 4 is 11.6 Å². The zero-order valence-corrected chi connectivity index (χ0v) is 17.6. The van der Waals surface area contributed by atoms with Crippen molar-refractivity contribution in [2.45, 2.75) is 39.7 Å². The summed E-state index contributed by atoms with van der Waals surface area (Å²) in [6, 6.07) is 13.6. The lowest BCUT2D eigenvalue weighted by Crippen LogP contribution is -2.20. The number of hydrogen-bond donors (Lipinski definition) is 1. The standard InChI is InChI=1S/C21H23N9O/c1-4-15(3)16-6-8-17(9-7-16)23-20(31)12-30-25-21(24-27-30)18-10-5-14(2)11-19(18)29-13-22-26-28-29/h5-11,13,15H,4,12H2,1-3H3,(H,23,31)/t15-/m0/s1. The minimum absolute atomic E-state index is 0.0494.